The van der Waals surface area contributed by atoms with Crippen molar-refractivity contribution < 1.29 is 0 Å². The Morgan fingerprint density at radius 1 is 1.06 bits per heavy atom. The quantitative estimate of drug-likeness (QED) is 0.866. The molecule has 0 atom stereocenters. The van der Waals surface area contributed by atoms with Gasteiger partial charge in [-0.3, -0.25) is 0 Å². The number of hydrogen-bond donors (Lipinski definition) is 1. The van der Waals surface area contributed by atoms with E-state index in [9.17, 15) is 0 Å². The van der Waals surface area contributed by atoms with Crippen LogP contribution in [0.1, 0.15) is 60.8 Å². The van der Waals surface area contributed by atoms with Crippen molar-refractivity contribution in [2.75, 3.05) is 6.54 Å². The van der Waals surface area contributed by atoms with Crippen LogP contribution in [0.15, 0.2) is 0 Å². The summed E-state index contributed by atoms with van der Waals surface area (Å²) in [5, 5.41) is 3.56. The molecule has 0 bridgehead atoms. The molecule has 0 spiro atoms. The van der Waals surface area contributed by atoms with Gasteiger partial charge in [0, 0.05) is 23.3 Å². The highest BCUT2D eigenvalue weighted by Gasteiger charge is 2.24. The molecule has 1 N–H and O–H groups in total. The Kier molecular flexibility index (Phi) is 3.33. The summed E-state index contributed by atoms with van der Waals surface area (Å²) in [6, 6.07) is 0.792. The van der Waals surface area contributed by atoms with E-state index in [1.807, 2.05) is 0 Å². The third kappa shape index (κ3) is 2.56. The molecule has 1 aromatic rings. The Labute approximate surface area is 109 Å². The van der Waals surface area contributed by atoms with Crippen molar-refractivity contribution in [2.45, 2.75) is 64.3 Å². The lowest BCUT2D eigenvalue weighted by Crippen LogP contribution is -2.21. The van der Waals surface area contributed by atoms with E-state index in [0.717, 1.165) is 24.8 Å². The second kappa shape index (κ2) is 4.96. The standard InChI is InChI=1S/C15H23N3/c1-10-14(8-9-16-13-6-7-13)11(2)18-15(17-10)12-4-3-5-12/h12-13,16H,3-9H2,1-2H3. The van der Waals surface area contributed by atoms with E-state index >= 15 is 0 Å². The zero-order chi connectivity index (χ0) is 12.5. The van der Waals surface area contributed by atoms with Gasteiger partial charge in [0.05, 0.1) is 0 Å². The fourth-order valence-corrected chi connectivity index (χ4v) is 2.66. The first-order valence-corrected chi connectivity index (χ1v) is 7.31. The molecule has 2 aliphatic carbocycles. The van der Waals surface area contributed by atoms with Crippen LogP contribution in [0.5, 0.6) is 0 Å². The summed E-state index contributed by atoms with van der Waals surface area (Å²) in [4.78, 5) is 9.46. The first kappa shape index (κ1) is 12.1. The second-order valence-electron chi connectivity index (χ2n) is 5.84. The van der Waals surface area contributed by atoms with Crippen LogP contribution in [0.4, 0.5) is 0 Å². The topological polar surface area (TPSA) is 37.8 Å². The Hall–Kier alpha value is -0.960. The van der Waals surface area contributed by atoms with Crippen LogP contribution in [-0.4, -0.2) is 22.6 Å². The molecule has 1 aromatic heterocycles. The Morgan fingerprint density at radius 2 is 1.72 bits per heavy atom. The van der Waals surface area contributed by atoms with Crippen molar-refractivity contribution in [1.82, 2.24) is 15.3 Å². The monoisotopic (exact) mass is 245 g/mol. The van der Waals surface area contributed by atoms with Crippen LogP contribution in [0, 0.1) is 13.8 Å². The van der Waals surface area contributed by atoms with Crippen LogP contribution in [0.25, 0.3) is 0 Å². The SMILES string of the molecule is Cc1nc(C2CCC2)nc(C)c1CCNC1CC1. The molecule has 3 heteroatoms. The van der Waals surface area contributed by atoms with Crippen LogP contribution in [0.3, 0.4) is 0 Å². The number of hydrogen-bond acceptors (Lipinski definition) is 3. The van der Waals surface area contributed by atoms with E-state index in [-0.39, 0.29) is 0 Å². The Morgan fingerprint density at radius 3 is 2.22 bits per heavy atom. The van der Waals surface area contributed by atoms with Gasteiger partial charge in [0.25, 0.3) is 0 Å². The Balaban J connectivity index is 1.68. The van der Waals surface area contributed by atoms with Crippen molar-refractivity contribution in [2.24, 2.45) is 0 Å². The molecule has 0 saturated heterocycles. The molecule has 2 fully saturated rings. The summed E-state index contributed by atoms with van der Waals surface area (Å²) in [7, 11) is 0. The smallest absolute Gasteiger partial charge is 0.131 e. The summed E-state index contributed by atoms with van der Waals surface area (Å²) in [5.41, 5.74) is 3.75. The van der Waals surface area contributed by atoms with Crippen LogP contribution in [-0.2, 0) is 6.42 Å². The van der Waals surface area contributed by atoms with E-state index in [2.05, 4.69) is 19.2 Å². The number of nitrogens with one attached hydrogen (secondary N) is 1. The average molecular weight is 245 g/mol. The lowest BCUT2D eigenvalue weighted by Gasteiger charge is -2.25. The molecule has 0 unspecified atom stereocenters. The third-order valence-electron chi connectivity index (χ3n) is 4.29. The molecule has 3 rings (SSSR count). The molecule has 2 aliphatic rings. The minimum absolute atomic E-state index is 0.640. The lowest BCUT2D eigenvalue weighted by atomic mass is 9.84. The van der Waals surface area contributed by atoms with Gasteiger partial charge in [0.1, 0.15) is 5.82 Å². The molecule has 0 aromatic carbocycles. The fraction of sp³-hybridized carbons (Fsp3) is 0.733. The number of aromatic nitrogens is 2. The second-order valence-corrected chi connectivity index (χ2v) is 5.84. The number of nitrogens with zero attached hydrogens (tertiary/aromatic N) is 2. The summed E-state index contributed by atoms with van der Waals surface area (Å²) in [5.74, 6) is 1.73. The zero-order valence-electron chi connectivity index (χ0n) is 11.5. The summed E-state index contributed by atoms with van der Waals surface area (Å²) in [6.45, 7) is 5.35. The van der Waals surface area contributed by atoms with E-state index < -0.39 is 0 Å². The maximum atomic E-state index is 4.73. The maximum Gasteiger partial charge on any atom is 0.131 e. The van der Waals surface area contributed by atoms with E-state index in [1.54, 1.807) is 0 Å². The minimum Gasteiger partial charge on any atom is -0.314 e. The predicted octanol–water partition coefficient (Wildman–Crippen LogP) is 2.66. The van der Waals surface area contributed by atoms with E-state index in [0.29, 0.717) is 5.92 Å². The highest BCUT2D eigenvalue weighted by Crippen LogP contribution is 2.34. The van der Waals surface area contributed by atoms with E-state index in [4.69, 9.17) is 9.97 Å². The lowest BCUT2D eigenvalue weighted by molar-refractivity contribution is 0.399. The minimum atomic E-state index is 0.640. The van der Waals surface area contributed by atoms with E-state index in [1.165, 1.54) is 49.1 Å². The van der Waals surface area contributed by atoms with Gasteiger partial charge >= 0.3 is 0 Å². The fourth-order valence-electron chi connectivity index (χ4n) is 2.66. The molecule has 0 amide bonds. The van der Waals surface area contributed by atoms with Crippen molar-refractivity contribution in [3.63, 3.8) is 0 Å². The molecular weight excluding hydrogens is 222 g/mol. The van der Waals surface area contributed by atoms with Gasteiger partial charge in [-0.15, -0.1) is 0 Å². The van der Waals surface area contributed by atoms with Crippen molar-refractivity contribution in [3.8, 4) is 0 Å². The maximum absolute atomic E-state index is 4.73. The molecule has 18 heavy (non-hydrogen) atoms. The molecule has 2 saturated carbocycles. The highest BCUT2D eigenvalue weighted by molar-refractivity contribution is 5.26. The molecule has 0 aliphatic heterocycles. The summed E-state index contributed by atoms with van der Waals surface area (Å²) < 4.78 is 0. The summed E-state index contributed by atoms with van der Waals surface area (Å²) >= 11 is 0. The largest absolute Gasteiger partial charge is 0.314 e. The molecule has 0 radical (unpaired) electrons. The molecular formula is C15H23N3. The van der Waals surface area contributed by atoms with Gasteiger partial charge in [-0.2, -0.15) is 0 Å². The number of aryl methyl sites for hydroxylation is 2. The highest BCUT2D eigenvalue weighted by atomic mass is 14.9. The predicted molar refractivity (Wildman–Crippen MR) is 72.8 cm³/mol. The third-order valence-corrected chi connectivity index (χ3v) is 4.29. The first-order valence-electron chi connectivity index (χ1n) is 7.31. The van der Waals surface area contributed by atoms with Crippen molar-refractivity contribution >= 4 is 0 Å². The van der Waals surface area contributed by atoms with Crippen LogP contribution >= 0.6 is 0 Å². The van der Waals surface area contributed by atoms with Crippen molar-refractivity contribution in [1.29, 1.82) is 0 Å². The van der Waals surface area contributed by atoms with Gasteiger partial charge in [0.2, 0.25) is 0 Å². The van der Waals surface area contributed by atoms with Gasteiger partial charge in [-0.25, -0.2) is 9.97 Å². The molecule has 3 nitrogen and oxygen atoms in total. The molecule has 98 valence electrons. The van der Waals surface area contributed by atoms with Gasteiger partial charge < -0.3 is 5.32 Å². The average Bonchev–Trinajstić information content (AvgIpc) is 3.03. The summed E-state index contributed by atoms with van der Waals surface area (Å²) in [6.07, 6.45) is 7.69. The first-order chi connectivity index (χ1) is 8.74. The zero-order valence-corrected chi connectivity index (χ0v) is 11.5. The molecule has 1 heterocycles. The van der Waals surface area contributed by atoms with Crippen LogP contribution in [0.2, 0.25) is 0 Å². The Bertz CT molecular complexity index is 410. The van der Waals surface area contributed by atoms with Gasteiger partial charge in [-0.05, 0) is 58.1 Å². The normalized spacial score (nSPS) is 19.9. The number of rotatable bonds is 5. The van der Waals surface area contributed by atoms with Crippen LogP contribution < -0.4 is 5.32 Å². The van der Waals surface area contributed by atoms with Gasteiger partial charge in [0.15, 0.2) is 0 Å². The van der Waals surface area contributed by atoms with Crippen molar-refractivity contribution in [3.05, 3.63) is 22.8 Å². The van der Waals surface area contributed by atoms with Gasteiger partial charge in [-0.1, -0.05) is 6.42 Å².